The van der Waals surface area contributed by atoms with E-state index in [1.807, 2.05) is 39.5 Å². The predicted molar refractivity (Wildman–Crippen MR) is 67.7 cm³/mol. The van der Waals surface area contributed by atoms with E-state index in [-0.39, 0.29) is 17.4 Å². The number of nitrogens with zero attached hydrogens (tertiary/aromatic N) is 1. The van der Waals surface area contributed by atoms with Gasteiger partial charge in [-0.3, -0.25) is 4.79 Å². The van der Waals surface area contributed by atoms with Gasteiger partial charge in [0.25, 0.3) is 0 Å². The van der Waals surface area contributed by atoms with Gasteiger partial charge in [-0.2, -0.15) is 0 Å². The third kappa shape index (κ3) is 5.11. The second-order valence-corrected chi connectivity index (χ2v) is 5.58. The molecule has 0 aromatic heterocycles. The lowest BCUT2D eigenvalue weighted by Crippen LogP contribution is -2.44. The first kappa shape index (κ1) is 14.4. The molecule has 0 aliphatic carbocycles. The number of carbonyl (C=O) groups is 1. The van der Waals surface area contributed by atoms with Crippen LogP contribution in [-0.4, -0.2) is 28.4 Å². The van der Waals surface area contributed by atoms with Crippen LogP contribution in [0.3, 0.4) is 0 Å². The summed E-state index contributed by atoms with van der Waals surface area (Å²) in [5.41, 5.74) is 5.10. The Hall–Kier alpha value is -0.640. The second kappa shape index (κ2) is 5.45. The highest BCUT2D eigenvalue weighted by Crippen LogP contribution is 2.19. The van der Waals surface area contributed by atoms with Crippen LogP contribution in [0.2, 0.25) is 0 Å². The highest BCUT2D eigenvalue weighted by atomic mass is 32.1. The molecule has 0 saturated heterocycles. The van der Waals surface area contributed by atoms with Crippen molar-refractivity contribution in [2.24, 2.45) is 11.1 Å². The van der Waals surface area contributed by atoms with Crippen LogP contribution in [0.1, 0.15) is 41.0 Å². The van der Waals surface area contributed by atoms with E-state index in [1.54, 1.807) is 0 Å². The van der Waals surface area contributed by atoms with Gasteiger partial charge in [0.2, 0.25) is 5.91 Å². The number of amides is 1. The van der Waals surface area contributed by atoms with Crippen molar-refractivity contribution in [2.75, 3.05) is 6.54 Å². The summed E-state index contributed by atoms with van der Waals surface area (Å²) < 4.78 is 0. The zero-order chi connectivity index (χ0) is 12.2. The molecule has 0 unspecified atom stereocenters. The molecule has 0 saturated carbocycles. The number of hydrogen-bond donors (Lipinski definition) is 1. The maximum absolute atomic E-state index is 12.1. The zero-order valence-electron chi connectivity index (χ0n) is 10.3. The van der Waals surface area contributed by atoms with Crippen molar-refractivity contribution in [1.82, 2.24) is 4.90 Å². The molecule has 1 amide bonds. The normalized spacial score (nSPS) is 11.6. The third-order valence-electron chi connectivity index (χ3n) is 2.12. The van der Waals surface area contributed by atoms with E-state index in [4.69, 9.17) is 18.0 Å². The number of rotatable bonds is 4. The number of hydrogen-bond acceptors (Lipinski definition) is 2. The predicted octanol–water partition coefficient (Wildman–Crippen LogP) is 1.95. The number of nitrogens with two attached hydrogens (primary N) is 1. The Morgan fingerprint density at radius 1 is 1.40 bits per heavy atom. The van der Waals surface area contributed by atoms with Crippen LogP contribution in [0, 0.1) is 5.41 Å². The van der Waals surface area contributed by atoms with E-state index in [1.165, 1.54) is 0 Å². The molecule has 0 aliphatic rings. The molecule has 4 heteroatoms. The molecule has 0 fully saturated rings. The summed E-state index contributed by atoms with van der Waals surface area (Å²) in [6.07, 6.45) is 0.593. The Morgan fingerprint density at radius 3 is 2.13 bits per heavy atom. The maximum atomic E-state index is 12.1. The quantitative estimate of drug-likeness (QED) is 0.751. The monoisotopic (exact) mass is 230 g/mol. The SMILES string of the molecule is CC(C)N(CCC(N)=S)C(=O)C(C)(C)C. The van der Waals surface area contributed by atoms with Gasteiger partial charge in [0.1, 0.15) is 0 Å². The summed E-state index contributed by atoms with van der Waals surface area (Å²) in [5, 5.41) is 0. The first-order chi connectivity index (χ1) is 6.66. The molecule has 0 aliphatic heterocycles. The van der Waals surface area contributed by atoms with Gasteiger partial charge in [-0.1, -0.05) is 33.0 Å². The van der Waals surface area contributed by atoms with Crippen molar-refractivity contribution in [1.29, 1.82) is 0 Å². The van der Waals surface area contributed by atoms with Crippen molar-refractivity contribution in [3.63, 3.8) is 0 Å². The summed E-state index contributed by atoms with van der Waals surface area (Å²) in [6.45, 7) is 10.4. The molecule has 0 rings (SSSR count). The van der Waals surface area contributed by atoms with Crippen molar-refractivity contribution in [3.8, 4) is 0 Å². The van der Waals surface area contributed by atoms with E-state index in [0.717, 1.165) is 0 Å². The van der Waals surface area contributed by atoms with Gasteiger partial charge in [0.15, 0.2) is 0 Å². The molecule has 0 aromatic rings. The molecular weight excluding hydrogens is 208 g/mol. The average Bonchev–Trinajstić information content (AvgIpc) is 2.01. The Labute approximate surface area is 98.0 Å². The molecule has 0 radical (unpaired) electrons. The standard InChI is InChI=1S/C11H22N2OS/c1-8(2)13(7-6-9(12)15)10(14)11(3,4)5/h8H,6-7H2,1-5H3,(H2,12,15). The van der Waals surface area contributed by atoms with Gasteiger partial charge >= 0.3 is 0 Å². The molecule has 88 valence electrons. The third-order valence-corrected chi connectivity index (χ3v) is 2.33. The Balaban J connectivity index is 4.54. The molecule has 0 bridgehead atoms. The minimum Gasteiger partial charge on any atom is -0.393 e. The van der Waals surface area contributed by atoms with Crippen LogP contribution in [0.5, 0.6) is 0 Å². The van der Waals surface area contributed by atoms with Gasteiger partial charge in [0, 0.05) is 24.4 Å². The summed E-state index contributed by atoms with van der Waals surface area (Å²) in [5.74, 6) is 0.147. The molecule has 0 heterocycles. The van der Waals surface area contributed by atoms with Crippen LogP contribution in [0.25, 0.3) is 0 Å². The molecule has 15 heavy (non-hydrogen) atoms. The van der Waals surface area contributed by atoms with Crippen molar-refractivity contribution in [2.45, 2.75) is 47.1 Å². The highest BCUT2D eigenvalue weighted by Gasteiger charge is 2.28. The van der Waals surface area contributed by atoms with Crippen LogP contribution in [0.15, 0.2) is 0 Å². The second-order valence-electron chi connectivity index (χ2n) is 5.06. The molecule has 0 spiro atoms. The van der Waals surface area contributed by atoms with Crippen LogP contribution in [0.4, 0.5) is 0 Å². The molecule has 2 N–H and O–H groups in total. The Morgan fingerprint density at radius 2 is 1.87 bits per heavy atom. The highest BCUT2D eigenvalue weighted by molar-refractivity contribution is 7.80. The lowest BCUT2D eigenvalue weighted by atomic mass is 9.94. The van der Waals surface area contributed by atoms with Crippen molar-refractivity contribution < 1.29 is 4.79 Å². The summed E-state index contributed by atoms with van der Waals surface area (Å²) >= 11 is 4.82. The Kier molecular flexibility index (Phi) is 5.21. The average molecular weight is 230 g/mol. The topological polar surface area (TPSA) is 46.3 Å². The minimum absolute atomic E-state index is 0.147. The fraction of sp³-hybridized carbons (Fsp3) is 0.818. The lowest BCUT2D eigenvalue weighted by molar-refractivity contribution is -0.141. The van der Waals surface area contributed by atoms with E-state index < -0.39 is 0 Å². The van der Waals surface area contributed by atoms with Gasteiger partial charge < -0.3 is 10.6 Å². The van der Waals surface area contributed by atoms with Gasteiger partial charge in [-0.15, -0.1) is 0 Å². The fourth-order valence-corrected chi connectivity index (χ4v) is 1.35. The van der Waals surface area contributed by atoms with Gasteiger partial charge in [0.05, 0.1) is 4.99 Å². The van der Waals surface area contributed by atoms with Crippen molar-refractivity contribution >= 4 is 23.1 Å². The minimum atomic E-state index is -0.347. The first-order valence-electron chi connectivity index (χ1n) is 5.25. The largest absolute Gasteiger partial charge is 0.393 e. The van der Waals surface area contributed by atoms with Crippen molar-refractivity contribution in [3.05, 3.63) is 0 Å². The van der Waals surface area contributed by atoms with E-state index in [0.29, 0.717) is 18.0 Å². The zero-order valence-corrected chi connectivity index (χ0v) is 11.1. The summed E-state index contributed by atoms with van der Waals surface area (Å²) in [4.78, 5) is 14.4. The van der Waals surface area contributed by atoms with Gasteiger partial charge in [-0.25, -0.2) is 0 Å². The summed E-state index contributed by atoms with van der Waals surface area (Å²) in [7, 11) is 0. The summed E-state index contributed by atoms with van der Waals surface area (Å²) in [6, 6.07) is 0.186. The molecule has 0 atom stereocenters. The first-order valence-corrected chi connectivity index (χ1v) is 5.66. The van der Waals surface area contributed by atoms with E-state index >= 15 is 0 Å². The maximum Gasteiger partial charge on any atom is 0.228 e. The van der Waals surface area contributed by atoms with Gasteiger partial charge in [-0.05, 0) is 13.8 Å². The Bertz CT molecular complexity index is 243. The van der Waals surface area contributed by atoms with E-state index in [2.05, 4.69) is 0 Å². The molecular formula is C11H22N2OS. The molecule has 0 aromatic carbocycles. The number of carbonyl (C=O) groups excluding carboxylic acids is 1. The lowest BCUT2D eigenvalue weighted by Gasteiger charge is -2.32. The van der Waals surface area contributed by atoms with Crippen LogP contribution in [-0.2, 0) is 4.79 Å². The van der Waals surface area contributed by atoms with Crippen LogP contribution < -0.4 is 5.73 Å². The van der Waals surface area contributed by atoms with E-state index in [9.17, 15) is 4.79 Å². The van der Waals surface area contributed by atoms with Crippen LogP contribution >= 0.6 is 12.2 Å². The molecule has 3 nitrogen and oxygen atoms in total. The smallest absolute Gasteiger partial charge is 0.228 e. The fourth-order valence-electron chi connectivity index (χ4n) is 1.26. The number of thiocarbonyl (C=S) groups is 1.